The van der Waals surface area contributed by atoms with Gasteiger partial charge in [0.15, 0.2) is 23.3 Å². The molecule has 9 heteroatoms. The average Bonchev–Trinajstić information content (AvgIpc) is 2.43. The van der Waals surface area contributed by atoms with Crippen LogP contribution in [0.2, 0.25) is 0 Å². The number of hydrogen-bond donors (Lipinski definition) is 1. The maximum Gasteiger partial charge on any atom is 0.418 e. The van der Waals surface area contributed by atoms with Gasteiger partial charge in [-0.05, 0) is 6.07 Å². The van der Waals surface area contributed by atoms with Crippen molar-refractivity contribution < 1.29 is 35.1 Å². The van der Waals surface area contributed by atoms with Gasteiger partial charge in [0, 0.05) is 5.56 Å². The molecule has 22 heavy (non-hydrogen) atoms. The van der Waals surface area contributed by atoms with Crippen LogP contribution in [-0.2, 0) is 6.18 Å². The van der Waals surface area contributed by atoms with Crippen molar-refractivity contribution in [2.75, 3.05) is 5.73 Å². The van der Waals surface area contributed by atoms with Gasteiger partial charge in [0.05, 0.1) is 16.8 Å². The normalized spacial score (nSPS) is 11.8. The van der Waals surface area contributed by atoms with E-state index in [0.717, 1.165) is 12.1 Å². The minimum atomic E-state index is -4.95. The Hall–Kier alpha value is -2.32. The topological polar surface area (TPSA) is 26.0 Å². The second-order valence-electron chi connectivity index (χ2n) is 4.21. The predicted octanol–water partition coefficient (Wildman–Crippen LogP) is 4.65. The molecular formula is C13H5F8N. The summed E-state index contributed by atoms with van der Waals surface area (Å²) in [5.41, 5.74) is 0.139. The SMILES string of the molecule is Nc1c(-c2c(F)c(F)c(F)c(F)c2F)cccc1C(F)(F)F. The van der Waals surface area contributed by atoms with Gasteiger partial charge in [0.1, 0.15) is 0 Å². The molecule has 0 saturated carbocycles. The number of nitrogens with two attached hydrogens (primary N) is 1. The third-order valence-electron chi connectivity index (χ3n) is 2.89. The first-order valence-corrected chi connectivity index (χ1v) is 5.54. The van der Waals surface area contributed by atoms with E-state index in [1.165, 1.54) is 0 Å². The van der Waals surface area contributed by atoms with Gasteiger partial charge in [0.2, 0.25) is 5.82 Å². The van der Waals surface area contributed by atoms with E-state index >= 15 is 0 Å². The van der Waals surface area contributed by atoms with E-state index in [1.54, 1.807) is 0 Å². The zero-order valence-corrected chi connectivity index (χ0v) is 10.3. The van der Waals surface area contributed by atoms with Gasteiger partial charge in [-0.1, -0.05) is 12.1 Å². The fraction of sp³-hybridized carbons (Fsp3) is 0.0769. The Morgan fingerprint density at radius 1 is 0.727 bits per heavy atom. The number of anilines is 1. The molecule has 0 saturated heterocycles. The maximum atomic E-state index is 13.6. The molecule has 2 N–H and O–H groups in total. The standard InChI is InChI=1S/C13H5F8N/c14-7-6(8(15)10(17)11(18)9(7)16)4-2-1-3-5(12(4)22)13(19,20)21/h1-3H,22H2. The zero-order chi connectivity index (χ0) is 16.8. The Labute approximate surface area is 118 Å². The van der Waals surface area contributed by atoms with Crippen molar-refractivity contribution in [3.8, 4) is 11.1 Å². The maximum absolute atomic E-state index is 13.6. The molecule has 118 valence electrons. The van der Waals surface area contributed by atoms with E-state index in [0.29, 0.717) is 6.07 Å². The van der Waals surface area contributed by atoms with Crippen molar-refractivity contribution >= 4 is 5.69 Å². The number of benzene rings is 2. The first-order valence-electron chi connectivity index (χ1n) is 5.54. The fourth-order valence-electron chi connectivity index (χ4n) is 1.87. The van der Waals surface area contributed by atoms with Gasteiger partial charge >= 0.3 is 6.18 Å². The minimum absolute atomic E-state index is 0.519. The molecule has 0 aliphatic rings. The summed E-state index contributed by atoms with van der Waals surface area (Å²) in [6.45, 7) is 0. The number of hydrogen-bond acceptors (Lipinski definition) is 1. The van der Waals surface area contributed by atoms with Gasteiger partial charge in [-0.15, -0.1) is 0 Å². The van der Waals surface area contributed by atoms with E-state index in [1.807, 2.05) is 0 Å². The van der Waals surface area contributed by atoms with Crippen LogP contribution in [0.4, 0.5) is 40.8 Å². The highest BCUT2D eigenvalue weighted by molar-refractivity contribution is 5.79. The van der Waals surface area contributed by atoms with E-state index in [2.05, 4.69) is 0 Å². The van der Waals surface area contributed by atoms with E-state index in [4.69, 9.17) is 5.73 Å². The summed E-state index contributed by atoms with van der Waals surface area (Å²) in [5.74, 6) is -11.5. The zero-order valence-electron chi connectivity index (χ0n) is 10.3. The lowest BCUT2D eigenvalue weighted by Gasteiger charge is -2.15. The van der Waals surface area contributed by atoms with Gasteiger partial charge in [-0.2, -0.15) is 13.2 Å². The quantitative estimate of drug-likeness (QED) is 0.351. The first kappa shape index (κ1) is 16.1. The van der Waals surface area contributed by atoms with Crippen molar-refractivity contribution in [2.24, 2.45) is 0 Å². The second-order valence-corrected chi connectivity index (χ2v) is 4.21. The summed E-state index contributed by atoms with van der Waals surface area (Å²) < 4.78 is 105. The average molecular weight is 327 g/mol. The second kappa shape index (κ2) is 5.15. The molecular weight excluding hydrogens is 322 g/mol. The van der Waals surface area contributed by atoms with E-state index in [-0.39, 0.29) is 0 Å². The monoisotopic (exact) mass is 327 g/mol. The van der Waals surface area contributed by atoms with Crippen LogP contribution in [0.1, 0.15) is 5.56 Å². The Kier molecular flexibility index (Phi) is 3.76. The van der Waals surface area contributed by atoms with Crippen molar-refractivity contribution in [2.45, 2.75) is 6.18 Å². The number of para-hydroxylation sites is 1. The third kappa shape index (κ3) is 2.36. The van der Waals surface area contributed by atoms with Crippen LogP contribution in [0.3, 0.4) is 0 Å². The van der Waals surface area contributed by atoms with Gasteiger partial charge in [-0.25, -0.2) is 22.0 Å². The third-order valence-corrected chi connectivity index (χ3v) is 2.89. The lowest BCUT2D eigenvalue weighted by Crippen LogP contribution is -2.11. The lowest BCUT2D eigenvalue weighted by molar-refractivity contribution is -0.136. The highest BCUT2D eigenvalue weighted by atomic mass is 19.4. The molecule has 2 aromatic carbocycles. The summed E-state index contributed by atoms with van der Waals surface area (Å²) in [7, 11) is 0. The Bertz CT molecular complexity index is 722. The first-order chi connectivity index (χ1) is 10.1. The molecule has 0 unspecified atom stereocenters. The smallest absolute Gasteiger partial charge is 0.398 e. The van der Waals surface area contributed by atoms with Crippen molar-refractivity contribution in [3.05, 3.63) is 52.8 Å². The predicted molar refractivity (Wildman–Crippen MR) is 61.1 cm³/mol. The van der Waals surface area contributed by atoms with Crippen LogP contribution < -0.4 is 5.73 Å². The molecule has 1 nitrogen and oxygen atoms in total. The van der Waals surface area contributed by atoms with Crippen molar-refractivity contribution in [1.29, 1.82) is 0 Å². The summed E-state index contributed by atoms with van der Waals surface area (Å²) in [6, 6.07) is 1.99. The molecule has 0 bridgehead atoms. The minimum Gasteiger partial charge on any atom is -0.398 e. The number of rotatable bonds is 1. The van der Waals surface area contributed by atoms with Gasteiger partial charge in [0.25, 0.3) is 0 Å². The number of nitrogen functional groups attached to an aromatic ring is 1. The molecule has 0 radical (unpaired) electrons. The van der Waals surface area contributed by atoms with Crippen LogP contribution in [0.25, 0.3) is 11.1 Å². The largest absolute Gasteiger partial charge is 0.418 e. The summed E-state index contributed by atoms with van der Waals surface area (Å²) in [4.78, 5) is 0. The molecule has 0 aliphatic heterocycles. The molecule has 0 atom stereocenters. The van der Waals surface area contributed by atoms with Crippen LogP contribution in [0.15, 0.2) is 18.2 Å². The summed E-state index contributed by atoms with van der Waals surface area (Å²) in [6.07, 6.45) is -4.95. The molecule has 0 spiro atoms. The lowest BCUT2D eigenvalue weighted by atomic mass is 9.98. The highest BCUT2D eigenvalue weighted by Gasteiger charge is 2.35. The summed E-state index contributed by atoms with van der Waals surface area (Å²) in [5, 5.41) is 0. The van der Waals surface area contributed by atoms with Crippen molar-refractivity contribution in [3.63, 3.8) is 0 Å². The van der Waals surface area contributed by atoms with Gasteiger partial charge in [-0.3, -0.25) is 0 Å². The van der Waals surface area contributed by atoms with Crippen LogP contribution in [-0.4, -0.2) is 0 Å². The van der Waals surface area contributed by atoms with E-state index < -0.39 is 57.6 Å². The summed E-state index contributed by atoms with van der Waals surface area (Å²) >= 11 is 0. The van der Waals surface area contributed by atoms with Crippen molar-refractivity contribution in [1.82, 2.24) is 0 Å². The van der Waals surface area contributed by atoms with Crippen LogP contribution >= 0.6 is 0 Å². The molecule has 0 fully saturated rings. The van der Waals surface area contributed by atoms with Gasteiger partial charge < -0.3 is 5.73 Å². The molecule has 2 rings (SSSR count). The molecule has 0 aromatic heterocycles. The van der Waals surface area contributed by atoms with Crippen LogP contribution in [0, 0.1) is 29.1 Å². The Balaban J connectivity index is 2.85. The molecule has 0 aliphatic carbocycles. The molecule has 0 heterocycles. The molecule has 2 aromatic rings. The molecule has 0 amide bonds. The number of halogens is 8. The van der Waals surface area contributed by atoms with Crippen LogP contribution in [0.5, 0.6) is 0 Å². The fourth-order valence-corrected chi connectivity index (χ4v) is 1.87. The van der Waals surface area contributed by atoms with E-state index in [9.17, 15) is 35.1 Å². The Morgan fingerprint density at radius 2 is 1.18 bits per heavy atom. The highest BCUT2D eigenvalue weighted by Crippen LogP contribution is 2.41. The number of alkyl halides is 3. The Morgan fingerprint density at radius 3 is 1.64 bits per heavy atom.